The summed E-state index contributed by atoms with van der Waals surface area (Å²) in [4.78, 5) is 6.01. The van der Waals surface area contributed by atoms with Gasteiger partial charge >= 0.3 is 0 Å². The average Bonchev–Trinajstić information content (AvgIpc) is 2.87. The van der Waals surface area contributed by atoms with Crippen LogP contribution >= 0.6 is 11.3 Å². The van der Waals surface area contributed by atoms with Crippen molar-refractivity contribution in [3.8, 4) is 16.3 Å². The van der Waals surface area contributed by atoms with Gasteiger partial charge in [-0.05, 0) is 50.6 Å². The highest BCUT2D eigenvalue weighted by Gasteiger charge is 2.09. The Morgan fingerprint density at radius 1 is 1.14 bits per heavy atom. The molecule has 0 bridgehead atoms. The number of aromatic nitrogens is 1. The molecule has 1 heterocycles. The molecule has 0 aliphatic carbocycles. The molecular weight excluding hydrogens is 280 g/mol. The quantitative estimate of drug-likeness (QED) is 0.734. The molecule has 0 amide bonds. The lowest BCUT2D eigenvalue weighted by molar-refractivity contribution is 0.317. The molecule has 2 aromatic rings. The predicted octanol–water partition coefficient (Wildman–Crippen LogP) is 4.41. The second-order valence-corrected chi connectivity index (χ2v) is 6.16. The van der Waals surface area contributed by atoms with Crippen LogP contribution in [0.5, 0.6) is 5.75 Å². The summed E-state index contributed by atoms with van der Waals surface area (Å²) >= 11 is 1.77. The molecule has 4 heteroatoms. The van der Waals surface area contributed by atoms with E-state index < -0.39 is 0 Å². The van der Waals surface area contributed by atoms with Crippen LogP contribution in [0.15, 0.2) is 24.3 Å². The zero-order valence-corrected chi connectivity index (χ0v) is 13.9. The van der Waals surface area contributed by atoms with Gasteiger partial charge < -0.3 is 10.1 Å². The second-order valence-electron chi connectivity index (χ2n) is 5.08. The maximum atomic E-state index is 5.61. The summed E-state index contributed by atoms with van der Waals surface area (Å²) in [5.41, 5.74) is 2.29. The first-order chi connectivity index (χ1) is 10.2. The van der Waals surface area contributed by atoms with Gasteiger partial charge in [-0.3, -0.25) is 0 Å². The fourth-order valence-corrected chi connectivity index (χ4v) is 3.05. The van der Waals surface area contributed by atoms with E-state index in [2.05, 4.69) is 43.2 Å². The van der Waals surface area contributed by atoms with E-state index in [0.717, 1.165) is 54.6 Å². The van der Waals surface area contributed by atoms with Crippen LogP contribution in [-0.2, 0) is 6.54 Å². The van der Waals surface area contributed by atoms with Gasteiger partial charge in [0, 0.05) is 17.0 Å². The first-order valence-electron chi connectivity index (χ1n) is 7.64. The maximum Gasteiger partial charge on any atom is 0.123 e. The predicted molar refractivity (Wildman–Crippen MR) is 90.1 cm³/mol. The fraction of sp³-hybridized carbons (Fsp3) is 0.471. The van der Waals surface area contributed by atoms with Crippen LogP contribution in [0.4, 0.5) is 0 Å². The van der Waals surface area contributed by atoms with Gasteiger partial charge in [0.2, 0.25) is 0 Å². The standard InChI is InChI=1S/C17H24N2OS/c1-4-10-18-12-16-13(3)19-17(21-16)14-6-8-15(9-7-14)20-11-5-2/h6-9,18H,4-5,10-12H2,1-3H3. The Bertz CT molecular complexity index is 548. The number of aryl methyl sites for hydroxylation is 1. The van der Waals surface area contributed by atoms with Gasteiger partial charge in [0.25, 0.3) is 0 Å². The van der Waals surface area contributed by atoms with Crippen LogP contribution in [0.1, 0.15) is 37.3 Å². The largest absolute Gasteiger partial charge is 0.494 e. The second kappa shape index (κ2) is 8.15. The highest BCUT2D eigenvalue weighted by atomic mass is 32.1. The smallest absolute Gasteiger partial charge is 0.123 e. The molecule has 1 N–H and O–H groups in total. The molecule has 3 nitrogen and oxygen atoms in total. The van der Waals surface area contributed by atoms with Gasteiger partial charge in [0.15, 0.2) is 0 Å². The van der Waals surface area contributed by atoms with Crippen LogP contribution < -0.4 is 10.1 Å². The van der Waals surface area contributed by atoms with Crippen LogP contribution in [0.2, 0.25) is 0 Å². The van der Waals surface area contributed by atoms with Crippen molar-refractivity contribution in [2.75, 3.05) is 13.2 Å². The van der Waals surface area contributed by atoms with Gasteiger partial charge in [-0.25, -0.2) is 4.98 Å². The van der Waals surface area contributed by atoms with Gasteiger partial charge in [-0.1, -0.05) is 13.8 Å². The average molecular weight is 304 g/mol. The molecule has 0 atom stereocenters. The normalized spacial score (nSPS) is 10.8. The zero-order chi connectivity index (χ0) is 15.1. The SMILES string of the molecule is CCCNCc1sc(-c2ccc(OCCC)cc2)nc1C. The van der Waals surface area contributed by atoms with Crippen molar-refractivity contribution in [1.82, 2.24) is 10.3 Å². The highest BCUT2D eigenvalue weighted by molar-refractivity contribution is 7.15. The molecule has 0 aliphatic heterocycles. The third-order valence-electron chi connectivity index (χ3n) is 3.18. The molecule has 0 radical (unpaired) electrons. The minimum atomic E-state index is 0.767. The summed E-state index contributed by atoms with van der Waals surface area (Å²) in [7, 11) is 0. The number of rotatable bonds is 8. The molecule has 0 unspecified atom stereocenters. The Morgan fingerprint density at radius 2 is 1.90 bits per heavy atom. The van der Waals surface area contributed by atoms with E-state index in [-0.39, 0.29) is 0 Å². The lowest BCUT2D eigenvalue weighted by Crippen LogP contribution is -2.13. The Hall–Kier alpha value is -1.39. The summed E-state index contributed by atoms with van der Waals surface area (Å²) < 4.78 is 5.61. The van der Waals surface area contributed by atoms with Gasteiger partial charge in [0.05, 0.1) is 12.3 Å². The molecule has 114 valence electrons. The first-order valence-corrected chi connectivity index (χ1v) is 8.46. The molecule has 2 rings (SSSR count). The van der Waals surface area contributed by atoms with Crippen molar-refractivity contribution >= 4 is 11.3 Å². The number of benzene rings is 1. The molecular formula is C17H24N2OS. The van der Waals surface area contributed by atoms with Crippen molar-refractivity contribution < 1.29 is 4.74 Å². The van der Waals surface area contributed by atoms with E-state index in [1.165, 1.54) is 4.88 Å². The minimum Gasteiger partial charge on any atom is -0.494 e. The minimum absolute atomic E-state index is 0.767. The number of thiazole rings is 1. The van der Waals surface area contributed by atoms with Gasteiger partial charge in [0.1, 0.15) is 10.8 Å². The van der Waals surface area contributed by atoms with E-state index in [9.17, 15) is 0 Å². The van der Waals surface area contributed by atoms with Crippen molar-refractivity contribution in [1.29, 1.82) is 0 Å². The molecule has 0 spiro atoms. The molecule has 0 saturated heterocycles. The Morgan fingerprint density at radius 3 is 2.57 bits per heavy atom. The Kier molecular flexibility index (Phi) is 6.21. The molecule has 21 heavy (non-hydrogen) atoms. The number of hydrogen-bond donors (Lipinski definition) is 1. The van der Waals surface area contributed by atoms with Crippen molar-refractivity contribution in [3.05, 3.63) is 34.8 Å². The summed E-state index contributed by atoms with van der Waals surface area (Å²) in [6.45, 7) is 9.11. The maximum absolute atomic E-state index is 5.61. The Balaban J connectivity index is 2.05. The topological polar surface area (TPSA) is 34.1 Å². The molecule has 0 saturated carbocycles. The van der Waals surface area contributed by atoms with Crippen molar-refractivity contribution in [2.24, 2.45) is 0 Å². The van der Waals surface area contributed by atoms with E-state index in [4.69, 9.17) is 4.74 Å². The summed E-state index contributed by atoms with van der Waals surface area (Å²) in [5.74, 6) is 0.929. The van der Waals surface area contributed by atoms with Crippen LogP contribution in [0.3, 0.4) is 0 Å². The molecule has 0 aliphatic rings. The van der Waals surface area contributed by atoms with Crippen molar-refractivity contribution in [3.63, 3.8) is 0 Å². The first kappa shape index (κ1) is 16.0. The third kappa shape index (κ3) is 4.55. The van der Waals surface area contributed by atoms with E-state index in [0.29, 0.717) is 0 Å². The lowest BCUT2D eigenvalue weighted by Gasteiger charge is -2.04. The highest BCUT2D eigenvalue weighted by Crippen LogP contribution is 2.29. The summed E-state index contributed by atoms with van der Waals surface area (Å²) in [6.07, 6.45) is 2.19. The summed E-state index contributed by atoms with van der Waals surface area (Å²) in [6, 6.07) is 8.23. The van der Waals surface area contributed by atoms with E-state index in [1.54, 1.807) is 11.3 Å². The van der Waals surface area contributed by atoms with Gasteiger partial charge in [-0.15, -0.1) is 11.3 Å². The molecule has 0 fully saturated rings. The van der Waals surface area contributed by atoms with E-state index >= 15 is 0 Å². The van der Waals surface area contributed by atoms with E-state index in [1.807, 2.05) is 12.1 Å². The molecule has 1 aromatic heterocycles. The number of nitrogens with zero attached hydrogens (tertiary/aromatic N) is 1. The van der Waals surface area contributed by atoms with Crippen LogP contribution in [0, 0.1) is 6.92 Å². The third-order valence-corrected chi connectivity index (χ3v) is 4.39. The number of nitrogens with one attached hydrogen (secondary N) is 1. The van der Waals surface area contributed by atoms with Crippen LogP contribution in [-0.4, -0.2) is 18.1 Å². The van der Waals surface area contributed by atoms with Gasteiger partial charge in [-0.2, -0.15) is 0 Å². The Labute approximate surface area is 131 Å². The molecule has 1 aromatic carbocycles. The number of ether oxygens (including phenoxy) is 1. The van der Waals surface area contributed by atoms with Crippen LogP contribution in [0.25, 0.3) is 10.6 Å². The monoisotopic (exact) mass is 304 g/mol. The zero-order valence-electron chi connectivity index (χ0n) is 13.1. The lowest BCUT2D eigenvalue weighted by atomic mass is 10.2. The fourth-order valence-electron chi connectivity index (χ4n) is 2.01. The summed E-state index contributed by atoms with van der Waals surface area (Å²) in [5, 5.41) is 4.53. The van der Waals surface area contributed by atoms with Crippen molar-refractivity contribution in [2.45, 2.75) is 40.2 Å². The number of hydrogen-bond acceptors (Lipinski definition) is 4.